The van der Waals surface area contributed by atoms with Crippen molar-refractivity contribution in [1.29, 1.82) is 0 Å². The van der Waals surface area contributed by atoms with E-state index < -0.39 is 0 Å². The molecule has 0 aliphatic rings. The monoisotopic (exact) mass is 368 g/mol. The molecule has 2 aromatic rings. The molecule has 0 radical (unpaired) electrons. The molecule has 0 aliphatic heterocycles. The summed E-state index contributed by atoms with van der Waals surface area (Å²) in [5.41, 5.74) is 1.94. The minimum Gasteiger partial charge on any atom is -0.505 e. The van der Waals surface area contributed by atoms with E-state index in [9.17, 15) is 5.11 Å². The normalized spacial score (nSPS) is 11.1. The molecule has 1 N–H and O–H groups in total. The highest BCUT2D eigenvalue weighted by Crippen LogP contribution is 2.34. The first-order valence-electron chi connectivity index (χ1n) is 5.22. The summed E-state index contributed by atoms with van der Waals surface area (Å²) in [7, 11) is 0. The van der Waals surface area contributed by atoms with E-state index in [-0.39, 0.29) is 5.75 Å². The van der Waals surface area contributed by atoms with Gasteiger partial charge in [-0.2, -0.15) is 5.11 Å². The van der Waals surface area contributed by atoms with Crippen molar-refractivity contribution in [3.8, 4) is 5.75 Å². The molecule has 2 rings (SSSR count). The lowest BCUT2D eigenvalue weighted by Gasteiger charge is -2.02. The van der Waals surface area contributed by atoms with Crippen molar-refractivity contribution >= 4 is 43.2 Å². The van der Waals surface area contributed by atoms with Gasteiger partial charge in [0.05, 0.1) is 5.69 Å². The van der Waals surface area contributed by atoms with Gasteiger partial charge >= 0.3 is 0 Å². The van der Waals surface area contributed by atoms with Crippen LogP contribution in [0.5, 0.6) is 5.75 Å². The van der Waals surface area contributed by atoms with Crippen LogP contribution >= 0.6 is 31.9 Å². The molecule has 92 valence electrons. The van der Waals surface area contributed by atoms with E-state index in [2.05, 4.69) is 42.1 Å². The molecule has 0 unspecified atom stereocenters. The second kappa shape index (κ2) is 5.63. The first-order valence-corrected chi connectivity index (χ1v) is 6.81. The van der Waals surface area contributed by atoms with Crippen molar-refractivity contribution in [3.63, 3.8) is 0 Å². The van der Waals surface area contributed by atoms with E-state index in [1.165, 1.54) is 0 Å². The topological polar surface area (TPSA) is 45.0 Å². The first-order chi connectivity index (χ1) is 8.56. The number of rotatable bonds is 2. The van der Waals surface area contributed by atoms with Crippen LogP contribution in [0.2, 0.25) is 0 Å². The molecular formula is C13H10Br2N2O. The van der Waals surface area contributed by atoms with Gasteiger partial charge in [0.2, 0.25) is 0 Å². The number of hydrogen-bond acceptors (Lipinski definition) is 3. The van der Waals surface area contributed by atoms with Crippen LogP contribution in [0.25, 0.3) is 0 Å². The highest BCUT2D eigenvalue weighted by atomic mass is 79.9. The number of aryl methyl sites for hydroxylation is 1. The summed E-state index contributed by atoms with van der Waals surface area (Å²) in [6.07, 6.45) is 0. The minimum absolute atomic E-state index is 0.152. The maximum Gasteiger partial charge on any atom is 0.146 e. The number of phenols is 1. The maximum atomic E-state index is 9.86. The Labute approximate surface area is 122 Å². The molecule has 18 heavy (non-hydrogen) atoms. The molecule has 2 aromatic carbocycles. The lowest BCUT2D eigenvalue weighted by atomic mass is 10.2. The van der Waals surface area contributed by atoms with Gasteiger partial charge in [-0.1, -0.05) is 31.9 Å². The van der Waals surface area contributed by atoms with E-state index in [1.54, 1.807) is 6.07 Å². The third kappa shape index (κ3) is 3.17. The Bertz CT molecular complexity index is 595. The number of hydrogen-bond donors (Lipinski definition) is 1. The van der Waals surface area contributed by atoms with Crippen LogP contribution in [0.15, 0.2) is 55.6 Å². The number of phenolic OH excluding ortho intramolecular Hbond substituents is 1. The molecule has 0 aromatic heterocycles. The van der Waals surface area contributed by atoms with Crippen LogP contribution in [0, 0.1) is 6.92 Å². The molecule has 0 aliphatic carbocycles. The quantitative estimate of drug-likeness (QED) is 0.684. The van der Waals surface area contributed by atoms with Gasteiger partial charge in [-0.25, -0.2) is 0 Å². The molecule has 0 saturated carbocycles. The number of aromatic hydroxyl groups is 1. The van der Waals surface area contributed by atoms with E-state index in [0.29, 0.717) is 5.69 Å². The summed E-state index contributed by atoms with van der Waals surface area (Å²) in [5.74, 6) is 0.152. The predicted molar refractivity (Wildman–Crippen MR) is 78.9 cm³/mol. The third-order valence-electron chi connectivity index (χ3n) is 2.34. The van der Waals surface area contributed by atoms with Gasteiger partial charge < -0.3 is 5.11 Å². The highest BCUT2D eigenvalue weighted by molar-refractivity contribution is 9.10. The van der Waals surface area contributed by atoms with E-state index >= 15 is 0 Å². The summed E-state index contributed by atoms with van der Waals surface area (Å²) in [4.78, 5) is 0. The molecule has 0 fully saturated rings. The fourth-order valence-corrected chi connectivity index (χ4v) is 2.24. The Morgan fingerprint density at radius 1 is 0.944 bits per heavy atom. The number of halogens is 2. The van der Waals surface area contributed by atoms with Gasteiger partial charge in [0.1, 0.15) is 11.4 Å². The van der Waals surface area contributed by atoms with Gasteiger partial charge in [-0.05, 0) is 48.9 Å². The van der Waals surface area contributed by atoms with Crippen LogP contribution < -0.4 is 0 Å². The lowest BCUT2D eigenvalue weighted by Crippen LogP contribution is -1.76. The summed E-state index contributed by atoms with van der Waals surface area (Å²) in [6.45, 7) is 1.82. The Morgan fingerprint density at radius 2 is 1.61 bits per heavy atom. The fourth-order valence-electron chi connectivity index (χ4n) is 1.41. The molecule has 0 atom stereocenters. The Morgan fingerprint density at radius 3 is 2.28 bits per heavy atom. The standard InChI is InChI=1S/C13H10Br2N2O/c1-8-6-10(15)7-12(13(8)18)17-16-11-4-2-9(14)3-5-11/h2-7,18H,1H3. The van der Waals surface area contributed by atoms with Crippen molar-refractivity contribution < 1.29 is 5.11 Å². The van der Waals surface area contributed by atoms with Crippen molar-refractivity contribution in [2.24, 2.45) is 10.2 Å². The summed E-state index contributed by atoms with van der Waals surface area (Å²) in [6, 6.07) is 11.0. The smallest absolute Gasteiger partial charge is 0.146 e. The molecule has 0 bridgehead atoms. The molecule has 0 spiro atoms. The number of benzene rings is 2. The van der Waals surface area contributed by atoms with Gasteiger partial charge in [0, 0.05) is 8.95 Å². The summed E-state index contributed by atoms with van der Waals surface area (Å²) >= 11 is 6.72. The number of azo groups is 1. The van der Waals surface area contributed by atoms with Crippen molar-refractivity contribution in [2.45, 2.75) is 6.92 Å². The molecule has 3 nitrogen and oxygen atoms in total. The van der Waals surface area contributed by atoms with E-state index in [1.807, 2.05) is 37.3 Å². The zero-order valence-corrected chi connectivity index (χ0v) is 12.7. The predicted octanol–water partition coefficient (Wildman–Crippen LogP) is 5.64. The molecule has 5 heteroatoms. The van der Waals surface area contributed by atoms with Gasteiger partial charge in [-0.15, -0.1) is 5.11 Å². The van der Waals surface area contributed by atoms with E-state index in [0.717, 1.165) is 20.2 Å². The second-order valence-electron chi connectivity index (χ2n) is 3.77. The maximum absolute atomic E-state index is 9.86. The minimum atomic E-state index is 0.152. The van der Waals surface area contributed by atoms with Crippen LogP contribution in [-0.4, -0.2) is 5.11 Å². The summed E-state index contributed by atoms with van der Waals surface area (Å²) in [5, 5.41) is 18.0. The van der Waals surface area contributed by atoms with Gasteiger partial charge in [0.25, 0.3) is 0 Å². The van der Waals surface area contributed by atoms with Gasteiger partial charge in [-0.3, -0.25) is 0 Å². The fraction of sp³-hybridized carbons (Fsp3) is 0.0769. The zero-order valence-electron chi connectivity index (χ0n) is 9.56. The summed E-state index contributed by atoms with van der Waals surface area (Å²) < 4.78 is 1.85. The molecular weight excluding hydrogens is 360 g/mol. The average molecular weight is 370 g/mol. The molecule has 0 amide bonds. The van der Waals surface area contributed by atoms with Crippen LogP contribution in [0.3, 0.4) is 0 Å². The Kier molecular flexibility index (Phi) is 4.14. The zero-order chi connectivity index (χ0) is 13.1. The Balaban J connectivity index is 2.31. The first kappa shape index (κ1) is 13.2. The largest absolute Gasteiger partial charge is 0.505 e. The third-order valence-corrected chi connectivity index (χ3v) is 3.33. The van der Waals surface area contributed by atoms with Crippen molar-refractivity contribution in [3.05, 3.63) is 50.9 Å². The van der Waals surface area contributed by atoms with Crippen molar-refractivity contribution in [1.82, 2.24) is 0 Å². The second-order valence-corrected chi connectivity index (χ2v) is 5.60. The van der Waals surface area contributed by atoms with Crippen LogP contribution in [-0.2, 0) is 0 Å². The van der Waals surface area contributed by atoms with Gasteiger partial charge in [0.15, 0.2) is 0 Å². The lowest BCUT2D eigenvalue weighted by molar-refractivity contribution is 0.472. The number of nitrogens with zero attached hydrogens (tertiary/aromatic N) is 2. The SMILES string of the molecule is Cc1cc(Br)cc(N=Nc2ccc(Br)cc2)c1O. The Hall–Kier alpha value is -1.20. The average Bonchev–Trinajstić information content (AvgIpc) is 2.34. The highest BCUT2D eigenvalue weighted by Gasteiger charge is 2.05. The molecule has 0 saturated heterocycles. The van der Waals surface area contributed by atoms with Crippen LogP contribution in [0.1, 0.15) is 5.56 Å². The van der Waals surface area contributed by atoms with Crippen LogP contribution in [0.4, 0.5) is 11.4 Å². The van der Waals surface area contributed by atoms with Crippen molar-refractivity contribution in [2.75, 3.05) is 0 Å². The molecule has 0 heterocycles. The van der Waals surface area contributed by atoms with E-state index in [4.69, 9.17) is 0 Å².